The van der Waals surface area contributed by atoms with E-state index in [-0.39, 0.29) is 22.7 Å². The third-order valence-corrected chi connectivity index (χ3v) is 5.97. The summed E-state index contributed by atoms with van der Waals surface area (Å²) in [4.78, 5) is 0.565. The van der Waals surface area contributed by atoms with E-state index in [4.69, 9.17) is 9.47 Å². The maximum absolute atomic E-state index is 12.7. The molecule has 0 radical (unpaired) electrons. The van der Waals surface area contributed by atoms with Crippen LogP contribution in [0, 0.1) is 0 Å². The lowest BCUT2D eigenvalue weighted by molar-refractivity contribution is 0.0724. The fourth-order valence-electron chi connectivity index (χ4n) is 2.96. The van der Waals surface area contributed by atoms with Gasteiger partial charge in [-0.1, -0.05) is 18.2 Å². The van der Waals surface area contributed by atoms with Gasteiger partial charge in [0, 0.05) is 5.56 Å². The molecule has 0 saturated carbocycles. The van der Waals surface area contributed by atoms with E-state index in [2.05, 4.69) is 0 Å². The Morgan fingerprint density at radius 1 is 1.00 bits per heavy atom. The van der Waals surface area contributed by atoms with Crippen molar-refractivity contribution in [2.75, 3.05) is 0 Å². The summed E-state index contributed by atoms with van der Waals surface area (Å²) in [5, 5.41) is 0. The van der Waals surface area contributed by atoms with Gasteiger partial charge in [0.15, 0.2) is 0 Å². The van der Waals surface area contributed by atoms with Crippen molar-refractivity contribution in [2.45, 2.75) is 41.4 Å². The first kappa shape index (κ1) is 13.8. The van der Waals surface area contributed by atoms with Crippen LogP contribution >= 0.6 is 0 Å². The molecule has 0 aromatic heterocycles. The fraction of sp³-hybridized carbons (Fsp3) is 0.294. The molecule has 0 N–H and O–H groups in total. The maximum Gasteiger partial charge on any atom is 0.206 e. The van der Waals surface area contributed by atoms with Crippen molar-refractivity contribution in [3.8, 4) is 5.75 Å². The molecule has 2 aliphatic rings. The second-order valence-electron chi connectivity index (χ2n) is 6.20. The summed E-state index contributed by atoms with van der Waals surface area (Å²) in [6.07, 6.45) is -0.0700. The van der Waals surface area contributed by atoms with E-state index in [0.29, 0.717) is 10.6 Å². The van der Waals surface area contributed by atoms with Gasteiger partial charge >= 0.3 is 0 Å². The number of rotatable bonds is 2. The molecule has 0 aliphatic carbocycles. The third-order valence-electron chi connectivity index (χ3n) is 4.20. The summed E-state index contributed by atoms with van der Waals surface area (Å²) in [5.41, 5.74) is 0.443. The van der Waals surface area contributed by atoms with Crippen LogP contribution < -0.4 is 4.74 Å². The number of sulfone groups is 1. The van der Waals surface area contributed by atoms with Gasteiger partial charge in [0.2, 0.25) is 9.84 Å². The lowest BCUT2D eigenvalue weighted by Crippen LogP contribution is -2.37. The van der Waals surface area contributed by atoms with Crippen LogP contribution in [0.25, 0.3) is 0 Å². The van der Waals surface area contributed by atoms with Crippen molar-refractivity contribution >= 4 is 9.84 Å². The highest BCUT2D eigenvalue weighted by Gasteiger charge is 2.56. The standard InChI is InChI=1S/C17H16O4S/c1-17(2)16-15(20-16)13-10-12(8-9-14(13)21-17)22(18,19)11-6-4-3-5-7-11/h3-10,15-16H,1-2H3. The Kier molecular flexibility index (Phi) is 2.72. The second kappa shape index (κ2) is 4.33. The van der Waals surface area contributed by atoms with Crippen LogP contribution in [-0.2, 0) is 14.6 Å². The number of benzene rings is 2. The lowest BCUT2D eigenvalue weighted by Gasteiger charge is -2.29. The van der Waals surface area contributed by atoms with E-state index in [1.807, 2.05) is 13.8 Å². The zero-order chi connectivity index (χ0) is 15.5. The van der Waals surface area contributed by atoms with Crippen LogP contribution in [-0.4, -0.2) is 20.1 Å². The summed E-state index contributed by atoms with van der Waals surface area (Å²) < 4.78 is 37.0. The van der Waals surface area contributed by atoms with Gasteiger partial charge < -0.3 is 9.47 Å². The molecule has 22 heavy (non-hydrogen) atoms. The van der Waals surface area contributed by atoms with E-state index in [9.17, 15) is 8.42 Å². The van der Waals surface area contributed by atoms with Crippen LogP contribution in [0.2, 0.25) is 0 Å². The molecule has 1 saturated heterocycles. The smallest absolute Gasteiger partial charge is 0.206 e. The minimum absolute atomic E-state index is 0.00493. The van der Waals surface area contributed by atoms with Crippen molar-refractivity contribution in [3.63, 3.8) is 0 Å². The van der Waals surface area contributed by atoms with Gasteiger partial charge in [0.1, 0.15) is 23.6 Å². The Morgan fingerprint density at radius 3 is 2.45 bits per heavy atom. The van der Waals surface area contributed by atoms with E-state index in [0.717, 1.165) is 5.56 Å². The lowest BCUT2D eigenvalue weighted by atomic mass is 9.94. The Hall–Kier alpha value is -1.85. The number of hydrogen-bond acceptors (Lipinski definition) is 4. The van der Waals surface area contributed by atoms with Gasteiger partial charge in [-0.05, 0) is 44.2 Å². The quantitative estimate of drug-likeness (QED) is 0.799. The Balaban J connectivity index is 1.79. The SMILES string of the molecule is CC1(C)Oc2ccc(S(=O)(=O)c3ccccc3)cc2C2OC21. The summed E-state index contributed by atoms with van der Waals surface area (Å²) in [7, 11) is -3.52. The molecule has 2 atom stereocenters. The molecule has 4 rings (SSSR count). The molecule has 2 heterocycles. The molecule has 2 aliphatic heterocycles. The van der Waals surface area contributed by atoms with E-state index >= 15 is 0 Å². The molecular formula is C17H16O4S. The number of epoxide rings is 1. The fourth-order valence-corrected chi connectivity index (χ4v) is 4.28. The highest BCUT2D eigenvalue weighted by molar-refractivity contribution is 7.91. The summed E-state index contributed by atoms with van der Waals surface area (Å²) >= 11 is 0. The Morgan fingerprint density at radius 2 is 1.73 bits per heavy atom. The van der Waals surface area contributed by atoms with Crippen LogP contribution in [0.15, 0.2) is 58.3 Å². The minimum atomic E-state index is -3.52. The summed E-state index contributed by atoms with van der Waals surface area (Å²) in [5.74, 6) is 0.704. The third kappa shape index (κ3) is 1.96. The van der Waals surface area contributed by atoms with Crippen molar-refractivity contribution in [3.05, 3.63) is 54.1 Å². The van der Waals surface area contributed by atoms with Gasteiger partial charge in [-0.25, -0.2) is 8.42 Å². The first-order chi connectivity index (χ1) is 10.4. The second-order valence-corrected chi connectivity index (χ2v) is 8.15. The average molecular weight is 316 g/mol. The highest BCUT2D eigenvalue weighted by atomic mass is 32.2. The number of fused-ring (bicyclic) bond motifs is 3. The van der Waals surface area contributed by atoms with Crippen LogP contribution in [0.1, 0.15) is 25.5 Å². The molecule has 114 valence electrons. The van der Waals surface area contributed by atoms with Crippen LogP contribution in [0.5, 0.6) is 5.75 Å². The van der Waals surface area contributed by atoms with Crippen molar-refractivity contribution < 1.29 is 17.9 Å². The van der Waals surface area contributed by atoms with Crippen molar-refractivity contribution in [2.24, 2.45) is 0 Å². The first-order valence-corrected chi connectivity index (χ1v) is 8.66. The van der Waals surface area contributed by atoms with Gasteiger partial charge in [0.05, 0.1) is 9.79 Å². The predicted octanol–water partition coefficient (Wildman–Crippen LogP) is 3.13. The average Bonchev–Trinajstić information content (AvgIpc) is 3.29. The predicted molar refractivity (Wildman–Crippen MR) is 80.7 cm³/mol. The molecular weight excluding hydrogens is 300 g/mol. The first-order valence-electron chi connectivity index (χ1n) is 7.18. The van der Waals surface area contributed by atoms with Gasteiger partial charge in [-0.2, -0.15) is 0 Å². The largest absolute Gasteiger partial charge is 0.485 e. The van der Waals surface area contributed by atoms with Crippen molar-refractivity contribution in [1.82, 2.24) is 0 Å². The van der Waals surface area contributed by atoms with Gasteiger partial charge in [0.25, 0.3) is 0 Å². The molecule has 2 aromatic carbocycles. The molecule has 4 nitrogen and oxygen atoms in total. The molecule has 0 spiro atoms. The maximum atomic E-state index is 12.7. The van der Waals surface area contributed by atoms with Crippen LogP contribution in [0.4, 0.5) is 0 Å². The molecule has 2 aromatic rings. The summed E-state index contributed by atoms with van der Waals surface area (Å²) in [6.45, 7) is 3.96. The molecule has 2 unspecified atom stereocenters. The van der Waals surface area contributed by atoms with E-state index in [1.165, 1.54) is 0 Å². The topological polar surface area (TPSA) is 55.9 Å². The van der Waals surface area contributed by atoms with Crippen molar-refractivity contribution in [1.29, 1.82) is 0 Å². The molecule has 1 fully saturated rings. The molecule has 0 bridgehead atoms. The monoisotopic (exact) mass is 316 g/mol. The molecule has 5 heteroatoms. The minimum Gasteiger partial charge on any atom is -0.485 e. The van der Waals surface area contributed by atoms with Gasteiger partial charge in [-0.3, -0.25) is 0 Å². The normalized spacial score (nSPS) is 24.8. The van der Waals surface area contributed by atoms with E-state index in [1.54, 1.807) is 48.5 Å². The molecule has 0 amide bonds. The Labute approximate surface area is 129 Å². The van der Waals surface area contributed by atoms with E-state index < -0.39 is 9.84 Å². The zero-order valence-electron chi connectivity index (χ0n) is 12.3. The number of ether oxygens (including phenoxy) is 2. The Bertz CT molecular complexity index is 840. The van der Waals surface area contributed by atoms with Gasteiger partial charge in [-0.15, -0.1) is 0 Å². The summed E-state index contributed by atoms with van der Waals surface area (Å²) in [6, 6.07) is 13.4. The highest BCUT2D eigenvalue weighted by Crippen LogP contribution is 2.54. The van der Waals surface area contributed by atoms with Crippen LogP contribution in [0.3, 0.4) is 0 Å². The number of hydrogen-bond donors (Lipinski definition) is 0. The zero-order valence-corrected chi connectivity index (χ0v) is 13.1.